The van der Waals surface area contributed by atoms with Crippen molar-refractivity contribution in [2.75, 3.05) is 24.2 Å². The van der Waals surface area contributed by atoms with Crippen molar-refractivity contribution in [1.82, 2.24) is 14.9 Å². The zero-order valence-corrected chi connectivity index (χ0v) is 17.6. The molecule has 0 aliphatic carbocycles. The lowest BCUT2D eigenvalue weighted by molar-refractivity contribution is -0.116. The fourth-order valence-electron chi connectivity index (χ4n) is 3.06. The molecule has 150 valence electrons. The highest BCUT2D eigenvalue weighted by molar-refractivity contribution is 7.16. The third-order valence-electron chi connectivity index (χ3n) is 4.61. The number of hydrogen-bond donors (Lipinski definition) is 2. The lowest BCUT2D eigenvalue weighted by Gasteiger charge is -2.20. The molecular formula is C20H21N5O2S2. The van der Waals surface area contributed by atoms with E-state index >= 15 is 0 Å². The number of carbonyl (C=O) groups excluding carboxylic acids is 2. The lowest BCUT2D eigenvalue weighted by atomic mass is 10.1. The first-order valence-electron chi connectivity index (χ1n) is 9.34. The van der Waals surface area contributed by atoms with Crippen LogP contribution in [0.1, 0.15) is 33.0 Å². The number of anilines is 2. The van der Waals surface area contributed by atoms with Crippen molar-refractivity contribution in [2.24, 2.45) is 0 Å². The first-order chi connectivity index (χ1) is 14.1. The van der Waals surface area contributed by atoms with Gasteiger partial charge >= 0.3 is 0 Å². The highest BCUT2D eigenvalue weighted by Crippen LogP contribution is 2.28. The van der Waals surface area contributed by atoms with Gasteiger partial charge < -0.3 is 10.2 Å². The summed E-state index contributed by atoms with van der Waals surface area (Å²) in [6.07, 6.45) is 1.92. The van der Waals surface area contributed by atoms with Gasteiger partial charge in [0, 0.05) is 36.2 Å². The van der Waals surface area contributed by atoms with Crippen LogP contribution < -0.4 is 10.6 Å². The van der Waals surface area contributed by atoms with E-state index in [-0.39, 0.29) is 17.5 Å². The number of fused-ring (bicyclic) bond motifs is 1. The molecule has 0 radical (unpaired) electrons. The van der Waals surface area contributed by atoms with Crippen LogP contribution in [0.4, 0.5) is 10.3 Å². The van der Waals surface area contributed by atoms with Crippen LogP contribution in [0, 0.1) is 0 Å². The second-order valence-electron chi connectivity index (χ2n) is 6.90. The van der Waals surface area contributed by atoms with Crippen LogP contribution in [-0.2, 0) is 24.2 Å². The molecule has 29 heavy (non-hydrogen) atoms. The van der Waals surface area contributed by atoms with Gasteiger partial charge in [0.25, 0.3) is 5.91 Å². The standard InChI is InChI=1S/C20H21N5O2S2/c1-25-10-9-14-16(11-25)29-20(21-14)24-18(27)15-12-28-19(22-15)23-17(26)8-7-13-5-3-2-4-6-13/h2-6,12H,7-11H2,1H3,(H,21,24,27)(H,22,23,26). The third kappa shape index (κ3) is 5.06. The normalized spacial score (nSPS) is 13.7. The van der Waals surface area contributed by atoms with E-state index in [1.54, 1.807) is 5.38 Å². The first kappa shape index (κ1) is 19.7. The molecule has 1 aliphatic rings. The van der Waals surface area contributed by atoms with E-state index in [0.717, 1.165) is 30.8 Å². The zero-order chi connectivity index (χ0) is 20.2. The number of carbonyl (C=O) groups is 2. The molecule has 0 unspecified atom stereocenters. The van der Waals surface area contributed by atoms with Crippen LogP contribution in [-0.4, -0.2) is 40.3 Å². The van der Waals surface area contributed by atoms with Crippen molar-refractivity contribution in [1.29, 1.82) is 0 Å². The number of hydrogen-bond acceptors (Lipinski definition) is 7. The molecule has 0 spiro atoms. The SMILES string of the molecule is CN1CCc2nc(NC(=O)c3csc(NC(=O)CCc4ccccc4)n3)sc2C1. The van der Waals surface area contributed by atoms with Crippen LogP contribution in [0.15, 0.2) is 35.7 Å². The van der Waals surface area contributed by atoms with Gasteiger partial charge in [0.15, 0.2) is 10.3 Å². The number of likely N-dealkylation sites (N-methyl/N-ethyl adjacent to an activating group) is 1. The molecule has 3 heterocycles. The molecule has 3 aromatic rings. The number of aryl methyl sites for hydroxylation is 1. The highest BCUT2D eigenvalue weighted by Gasteiger charge is 2.20. The first-order valence-corrected chi connectivity index (χ1v) is 11.0. The number of nitrogens with one attached hydrogen (secondary N) is 2. The van der Waals surface area contributed by atoms with Crippen molar-refractivity contribution in [3.63, 3.8) is 0 Å². The van der Waals surface area contributed by atoms with Crippen molar-refractivity contribution in [3.8, 4) is 0 Å². The average Bonchev–Trinajstić information content (AvgIpc) is 3.33. The van der Waals surface area contributed by atoms with Gasteiger partial charge in [-0.05, 0) is 19.0 Å². The Morgan fingerprint density at radius 1 is 1.14 bits per heavy atom. The molecule has 1 aliphatic heterocycles. The Morgan fingerprint density at radius 2 is 1.97 bits per heavy atom. The highest BCUT2D eigenvalue weighted by atomic mass is 32.1. The molecule has 4 rings (SSSR count). The summed E-state index contributed by atoms with van der Waals surface area (Å²) in [6, 6.07) is 9.85. The number of thiazole rings is 2. The van der Waals surface area contributed by atoms with Crippen LogP contribution in [0.5, 0.6) is 0 Å². The summed E-state index contributed by atoms with van der Waals surface area (Å²) >= 11 is 2.74. The Hall–Kier alpha value is -2.62. The van der Waals surface area contributed by atoms with Gasteiger partial charge in [0.1, 0.15) is 5.69 Å². The van der Waals surface area contributed by atoms with Crippen LogP contribution >= 0.6 is 22.7 Å². The Labute approximate surface area is 176 Å². The maximum Gasteiger partial charge on any atom is 0.276 e. The number of benzene rings is 1. The van der Waals surface area contributed by atoms with Crippen LogP contribution in [0.3, 0.4) is 0 Å². The Kier molecular flexibility index (Phi) is 5.98. The van der Waals surface area contributed by atoms with Crippen molar-refractivity contribution in [2.45, 2.75) is 25.8 Å². The fourth-order valence-corrected chi connectivity index (χ4v) is 4.85. The molecule has 1 aromatic carbocycles. The fraction of sp³-hybridized carbons (Fsp3) is 0.300. The predicted octanol–water partition coefficient (Wildman–Crippen LogP) is 3.41. The van der Waals surface area contributed by atoms with E-state index in [1.165, 1.54) is 27.6 Å². The van der Waals surface area contributed by atoms with E-state index in [1.807, 2.05) is 30.3 Å². The van der Waals surface area contributed by atoms with Gasteiger partial charge in [0.05, 0.1) is 5.69 Å². The van der Waals surface area contributed by atoms with E-state index < -0.39 is 0 Å². The van der Waals surface area contributed by atoms with E-state index in [4.69, 9.17) is 0 Å². The zero-order valence-electron chi connectivity index (χ0n) is 16.0. The summed E-state index contributed by atoms with van der Waals surface area (Å²) in [6.45, 7) is 1.84. The summed E-state index contributed by atoms with van der Waals surface area (Å²) in [4.78, 5) is 36.8. The third-order valence-corrected chi connectivity index (χ3v) is 6.36. The molecule has 0 atom stereocenters. The van der Waals surface area contributed by atoms with Gasteiger partial charge in [-0.1, -0.05) is 30.3 Å². The number of amides is 2. The lowest BCUT2D eigenvalue weighted by Crippen LogP contribution is -2.25. The number of rotatable bonds is 6. The summed E-state index contributed by atoms with van der Waals surface area (Å²) in [5.41, 5.74) is 2.45. The molecule has 2 amide bonds. The largest absolute Gasteiger partial charge is 0.302 e. The molecule has 7 nitrogen and oxygen atoms in total. The maximum absolute atomic E-state index is 12.5. The number of aromatic nitrogens is 2. The summed E-state index contributed by atoms with van der Waals surface area (Å²) < 4.78 is 0. The van der Waals surface area contributed by atoms with Crippen LogP contribution in [0.2, 0.25) is 0 Å². The molecule has 0 bridgehead atoms. The minimum Gasteiger partial charge on any atom is -0.302 e. The smallest absolute Gasteiger partial charge is 0.276 e. The van der Waals surface area contributed by atoms with Gasteiger partial charge in [0.2, 0.25) is 5.91 Å². The molecule has 2 aromatic heterocycles. The Balaban J connectivity index is 1.31. The second-order valence-corrected chi connectivity index (χ2v) is 8.84. The van der Waals surface area contributed by atoms with E-state index in [9.17, 15) is 9.59 Å². The molecular weight excluding hydrogens is 406 g/mol. The molecule has 0 saturated carbocycles. The predicted molar refractivity (Wildman–Crippen MR) is 116 cm³/mol. The number of nitrogens with zero attached hydrogens (tertiary/aromatic N) is 3. The molecule has 2 N–H and O–H groups in total. The van der Waals surface area contributed by atoms with E-state index in [2.05, 4.69) is 32.5 Å². The van der Waals surface area contributed by atoms with Gasteiger partial charge in [-0.25, -0.2) is 9.97 Å². The molecule has 0 fully saturated rings. The van der Waals surface area contributed by atoms with Crippen molar-refractivity contribution < 1.29 is 9.59 Å². The van der Waals surface area contributed by atoms with Crippen molar-refractivity contribution in [3.05, 3.63) is 57.5 Å². The summed E-state index contributed by atoms with van der Waals surface area (Å²) in [7, 11) is 2.08. The topological polar surface area (TPSA) is 87.2 Å². The van der Waals surface area contributed by atoms with Gasteiger partial charge in [-0.2, -0.15) is 0 Å². The quantitative estimate of drug-likeness (QED) is 0.630. The monoisotopic (exact) mass is 427 g/mol. The summed E-state index contributed by atoms with van der Waals surface area (Å²) in [5.74, 6) is -0.433. The van der Waals surface area contributed by atoms with Gasteiger partial charge in [-0.15, -0.1) is 22.7 Å². The Morgan fingerprint density at radius 3 is 2.79 bits per heavy atom. The minimum atomic E-state index is -0.314. The molecule has 9 heteroatoms. The Bertz CT molecular complexity index is 1020. The maximum atomic E-state index is 12.5. The average molecular weight is 428 g/mol. The van der Waals surface area contributed by atoms with Crippen LogP contribution in [0.25, 0.3) is 0 Å². The van der Waals surface area contributed by atoms with E-state index in [0.29, 0.717) is 23.1 Å². The summed E-state index contributed by atoms with van der Waals surface area (Å²) in [5, 5.41) is 8.25. The van der Waals surface area contributed by atoms with Crippen molar-refractivity contribution >= 4 is 44.8 Å². The second kappa shape index (κ2) is 8.81. The minimum absolute atomic E-state index is 0.119. The van der Waals surface area contributed by atoms with Gasteiger partial charge in [-0.3, -0.25) is 14.9 Å². The molecule has 0 saturated heterocycles.